The number of ether oxygens (including phenoxy) is 3. The maximum absolute atomic E-state index is 13.6. The number of hydrogen-bond donors (Lipinski definition) is 2. The number of esters is 1. The van der Waals surface area contributed by atoms with E-state index in [1.807, 2.05) is 45.9 Å². The molecular formula is C33H39N3O7S2. The van der Waals surface area contributed by atoms with Crippen molar-refractivity contribution in [3.63, 3.8) is 0 Å². The first-order valence-corrected chi connectivity index (χ1v) is 16.4. The van der Waals surface area contributed by atoms with E-state index in [2.05, 4.69) is 10.6 Å². The molecule has 12 heteroatoms. The Hall–Kier alpha value is -4.03. The molecule has 0 fully saturated rings. The van der Waals surface area contributed by atoms with Crippen molar-refractivity contribution in [2.45, 2.75) is 69.8 Å². The monoisotopic (exact) mass is 653 g/mol. The summed E-state index contributed by atoms with van der Waals surface area (Å²) in [4.78, 5) is 55.3. The van der Waals surface area contributed by atoms with Crippen molar-refractivity contribution in [3.05, 3.63) is 70.1 Å². The topological polar surface area (TPSA) is 123 Å². The van der Waals surface area contributed by atoms with Crippen molar-refractivity contribution in [2.24, 2.45) is 0 Å². The van der Waals surface area contributed by atoms with Gasteiger partial charge in [-0.1, -0.05) is 13.0 Å². The fourth-order valence-electron chi connectivity index (χ4n) is 4.66. The Morgan fingerprint density at radius 2 is 1.78 bits per heavy atom. The molecule has 3 amide bonds. The summed E-state index contributed by atoms with van der Waals surface area (Å²) in [6.07, 6.45) is 0.538. The number of fused-ring (bicyclic) bond motifs is 1. The van der Waals surface area contributed by atoms with Gasteiger partial charge >= 0.3 is 12.1 Å². The molecule has 45 heavy (non-hydrogen) atoms. The minimum Gasteiger partial charge on any atom is -0.497 e. The van der Waals surface area contributed by atoms with Crippen molar-refractivity contribution >= 4 is 57.7 Å². The van der Waals surface area contributed by atoms with Crippen LogP contribution in [-0.4, -0.2) is 59.9 Å². The zero-order valence-corrected chi connectivity index (χ0v) is 28.0. The summed E-state index contributed by atoms with van der Waals surface area (Å²) in [6.45, 7) is 9.95. The average Bonchev–Trinajstić information content (AvgIpc) is 3.36. The van der Waals surface area contributed by atoms with E-state index in [0.717, 1.165) is 15.3 Å². The van der Waals surface area contributed by atoms with Gasteiger partial charge in [0, 0.05) is 27.6 Å². The Balaban J connectivity index is 1.48. The molecule has 2 aromatic carbocycles. The van der Waals surface area contributed by atoms with Crippen LogP contribution in [0.2, 0.25) is 0 Å². The average molecular weight is 654 g/mol. The van der Waals surface area contributed by atoms with Crippen LogP contribution in [0.4, 0.5) is 15.5 Å². The molecule has 0 saturated carbocycles. The smallest absolute Gasteiger partial charge is 0.410 e. The molecule has 1 atom stereocenters. The highest BCUT2D eigenvalue weighted by atomic mass is 32.2. The zero-order chi connectivity index (χ0) is 32.7. The van der Waals surface area contributed by atoms with Crippen molar-refractivity contribution in [2.75, 3.05) is 30.9 Å². The first kappa shape index (κ1) is 33.9. The van der Waals surface area contributed by atoms with E-state index < -0.39 is 22.9 Å². The summed E-state index contributed by atoms with van der Waals surface area (Å²) in [6, 6.07) is 14.1. The number of carbonyl (C=O) groups excluding carboxylic acids is 4. The molecule has 10 nitrogen and oxygen atoms in total. The summed E-state index contributed by atoms with van der Waals surface area (Å²) in [5, 5.41) is 5.81. The molecular weight excluding hydrogens is 615 g/mol. The number of thioether (sulfide) groups is 1. The normalized spacial score (nSPS) is 13.3. The standard InChI is InChI=1S/C33H39N3O7S2/c1-7-25(44-23-11-9-10-21(18-23)34-28(37)20-12-14-22(41-6)15-13-20)29(38)35-30-27(31(39)42-8-2)24-16-17-36(19-26(24)45-30)32(40)43-33(3,4)5/h9-15,18,25H,7-8,16-17,19H2,1-6H3,(H,34,37)(H,35,38). The fraction of sp³-hybridized carbons (Fsp3) is 0.394. The highest BCUT2D eigenvalue weighted by Gasteiger charge is 2.33. The molecule has 2 N–H and O–H groups in total. The van der Waals surface area contributed by atoms with Gasteiger partial charge in [0.15, 0.2) is 0 Å². The molecule has 1 aliphatic rings. The van der Waals surface area contributed by atoms with Crippen LogP contribution in [0.3, 0.4) is 0 Å². The van der Waals surface area contributed by atoms with Crippen molar-refractivity contribution in [3.8, 4) is 5.75 Å². The van der Waals surface area contributed by atoms with E-state index in [0.29, 0.717) is 47.0 Å². The van der Waals surface area contributed by atoms with E-state index >= 15 is 0 Å². The quantitative estimate of drug-likeness (QED) is 0.177. The van der Waals surface area contributed by atoms with E-state index in [1.165, 1.54) is 23.1 Å². The summed E-state index contributed by atoms with van der Waals surface area (Å²) in [7, 11) is 1.57. The number of methoxy groups -OCH3 is 1. The Kier molecular flexibility index (Phi) is 11.2. The minimum atomic E-state index is -0.628. The highest BCUT2D eigenvalue weighted by Crippen LogP contribution is 2.39. The molecule has 2 heterocycles. The molecule has 0 radical (unpaired) electrons. The summed E-state index contributed by atoms with van der Waals surface area (Å²) in [5.74, 6) is -0.364. The number of thiophene rings is 1. The maximum atomic E-state index is 13.6. The number of nitrogens with zero attached hydrogens (tertiary/aromatic N) is 1. The van der Waals surface area contributed by atoms with Gasteiger partial charge in [0.2, 0.25) is 5.91 Å². The SMILES string of the molecule is CCOC(=O)c1c(NC(=O)C(CC)Sc2cccc(NC(=O)c3ccc(OC)cc3)c2)sc2c1CCN(C(=O)OC(C)(C)C)C2. The van der Waals surface area contributed by atoms with Crippen molar-refractivity contribution in [1.82, 2.24) is 4.90 Å². The lowest BCUT2D eigenvalue weighted by molar-refractivity contribution is -0.115. The lowest BCUT2D eigenvalue weighted by atomic mass is 10.0. The Morgan fingerprint density at radius 3 is 2.42 bits per heavy atom. The third-order valence-electron chi connectivity index (χ3n) is 6.81. The van der Waals surface area contributed by atoms with Crippen LogP contribution < -0.4 is 15.4 Å². The van der Waals surface area contributed by atoms with Gasteiger partial charge in [-0.25, -0.2) is 9.59 Å². The predicted octanol–water partition coefficient (Wildman–Crippen LogP) is 6.99. The summed E-state index contributed by atoms with van der Waals surface area (Å²) < 4.78 is 16.0. The number of nitrogens with one attached hydrogen (secondary N) is 2. The van der Waals surface area contributed by atoms with E-state index in [9.17, 15) is 19.2 Å². The first-order valence-electron chi connectivity index (χ1n) is 14.7. The van der Waals surface area contributed by atoms with E-state index in [-0.39, 0.29) is 25.0 Å². The third kappa shape index (κ3) is 8.79. The lowest BCUT2D eigenvalue weighted by Crippen LogP contribution is -2.39. The Bertz CT molecular complexity index is 1550. The number of hydrogen-bond acceptors (Lipinski definition) is 9. The van der Waals surface area contributed by atoms with Gasteiger partial charge in [-0.3, -0.25) is 9.59 Å². The molecule has 4 rings (SSSR count). The number of rotatable bonds is 10. The lowest BCUT2D eigenvalue weighted by Gasteiger charge is -2.30. The largest absolute Gasteiger partial charge is 0.497 e. The van der Waals surface area contributed by atoms with Crippen LogP contribution in [-0.2, 0) is 27.2 Å². The van der Waals surface area contributed by atoms with Crippen LogP contribution in [0.5, 0.6) is 5.75 Å². The second-order valence-electron chi connectivity index (χ2n) is 11.3. The Labute approximate surface area is 271 Å². The van der Waals surface area contributed by atoms with Crippen LogP contribution in [0.15, 0.2) is 53.4 Å². The molecule has 1 aromatic heterocycles. The fourth-order valence-corrected chi connectivity index (χ4v) is 6.93. The maximum Gasteiger partial charge on any atom is 0.410 e. The van der Waals surface area contributed by atoms with E-state index in [4.69, 9.17) is 14.2 Å². The predicted molar refractivity (Wildman–Crippen MR) is 177 cm³/mol. The molecule has 1 unspecified atom stereocenters. The summed E-state index contributed by atoms with van der Waals surface area (Å²) in [5.41, 5.74) is 1.59. The molecule has 3 aromatic rings. The van der Waals surface area contributed by atoms with Crippen LogP contribution in [0, 0.1) is 0 Å². The highest BCUT2D eigenvalue weighted by molar-refractivity contribution is 8.00. The zero-order valence-electron chi connectivity index (χ0n) is 26.4. The van der Waals surface area contributed by atoms with Crippen LogP contribution >= 0.6 is 23.1 Å². The number of amides is 3. The van der Waals surface area contributed by atoms with Gasteiger partial charge in [0.05, 0.1) is 31.1 Å². The van der Waals surface area contributed by atoms with Gasteiger partial charge < -0.3 is 29.7 Å². The number of carbonyl (C=O) groups is 4. The van der Waals surface area contributed by atoms with Gasteiger partial charge in [0.25, 0.3) is 5.91 Å². The van der Waals surface area contributed by atoms with E-state index in [1.54, 1.807) is 49.3 Å². The molecule has 240 valence electrons. The minimum absolute atomic E-state index is 0.194. The van der Waals surface area contributed by atoms with Crippen molar-refractivity contribution in [1.29, 1.82) is 0 Å². The molecule has 1 aliphatic heterocycles. The van der Waals surface area contributed by atoms with Crippen molar-refractivity contribution < 1.29 is 33.4 Å². The van der Waals surface area contributed by atoms with Gasteiger partial charge in [0.1, 0.15) is 16.4 Å². The summed E-state index contributed by atoms with van der Waals surface area (Å²) >= 11 is 2.65. The first-order chi connectivity index (χ1) is 21.4. The van der Waals surface area contributed by atoms with Crippen LogP contribution in [0.1, 0.15) is 72.2 Å². The second kappa shape index (κ2) is 14.8. The molecule has 0 saturated heterocycles. The van der Waals surface area contributed by atoms with Gasteiger partial charge in [-0.05, 0) is 88.6 Å². The molecule has 0 bridgehead atoms. The Morgan fingerprint density at radius 1 is 1.04 bits per heavy atom. The van der Waals surface area contributed by atoms with Crippen LogP contribution in [0.25, 0.3) is 0 Å². The molecule has 0 aliphatic carbocycles. The van der Waals surface area contributed by atoms with Gasteiger partial charge in [-0.15, -0.1) is 23.1 Å². The third-order valence-corrected chi connectivity index (χ3v) is 9.30. The second-order valence-corrected chi connectivity index (χ2v) is 13.7. The van der Waals surface area contributed by atoms with Gasteiger partial charge in [-0.2, -0.15) is 0 Å². The number of benzene rings is 2. The molecule has 0 spiro atoms. The number of anilines is 2.